The Morgan fingerprint density at radius 2 is 1.47 bits per heavy atom. The van der Waals surface area contributed by atoms with Crippen molar-refractivity contribution in [3.8, 4) is 26.9 Å². The van der Waals surface area contributed by atoms with Crippen molar-refractivity contribution < 1.29 is 35.9 Å². The lowest BCUT2D eigenvalue weighted by molar-refractivity contribution is 0.0710. The zero-order valence-electron chi connectivity index (χ0n) is 15.7. The number of halogens is 6. The maximum atomic E-state index is 13.8. The average Bonchev–Trinajstić information content (AvgIpc) is 3.41. The van der Waals surface area contributed by atoms with Crippen molar-refractivity contribution in [3.05, 3.63) is 75.3 Å². The Kier molecular flexibility index (Phi) is 5.73. The quantitative estimate of drug-likeness (QED) is 0.112. The number of carbonyl (C=O) groups excluding carboxylic acids is 1. The Labute approximate surface area is 183 Å². The van der Waals surface area contributed by atoms with Crippen LogP contribution in [0.25, 0.3) is 21.1 Å². The van der Waals surface area contributed by atoms with E-state index in [1.54, 1.807) is 6.92 Å². The molecule has 0 spiro atoms. The van der Waals surface area contributed by atoms with Gasteiger partial charge < -0.3 is 4.74 Å². The third-order valence-corrected chi connectivity index (χ3v) is 6.09. The molecule has 164 valence electrons. The molecule has 0 unspecified atom stereocenters. The van der Waals surface area contributed by atoms with Gasteiger partial charge >= 0.3 is 5.97 Å². The molecule has 0 aliphatic rings. The molecular formula is C20H8F6N2O2S2. The first-order chi connectivity index (χ1) is 15.2. The summed E-state index contributed by atoms with van der Waals surface area (Å²) in [5, 5.41) is 2.15. The predicted molar refractivity (Wildman–Crippen MR) is 105 cm³/mol. The van der Waals surface area contributed by atoms with E-state index < -0.39 is 52.3 Å². The summed E-state index contributed by atoms with van der Waals surface area (Å²) in [6.07, 6.45) is 0. The van der Waals surface area contributed by atoms with Crippen LogP contribution in [0.15, 0.2) is 29.6 Å². The van der Waals surface area contributed by atoms with Crippen LogP contribution < -0.4 is 4.74 Å². The van der Waals surface area contributed by atoms with Crippen molar-refractivity contribution in [2.24, 2.45) is 0 Å². The van der Waals surface area contributed by atoms with Gasteiger partial charge in [0.1, 0.15) is 10.8 Å². The van der Waals surface area contributed by atoms with Gasteiger partial charge in [-0.2, -0.15) is 8.78 Å². The van der Waals surface area contributed by atoms with Gasteiger partial charge in [0.25, 0.3) is 0 Å². The zero-order valence-corrected chi connectivity index (χ0v) is 17.3. The van der Waals surface area contributed by atoms with E-state index in [0.717, 1.165) is 11.3 Å². The van der Waals surface area contributed by atoms with Crippen LogP contribution in [0.3, 0.4) is 0 Å². The lowest BCUT2D eigenvalue weighted by Crippen LogP contribution is -2.14. The van der Waals surface area contributed by atoms with Crippen LogP contribution in [-0.4, -0.2) is 15.9 Å². The van der Waals surface area contributed by atoms with Gasteiger partial charge in [-0.25, -0.2) is 32.3 Å². The van der Waals surface area contributed by atoms with E-state index in [1.807, 2.05) is 0 Å². The van der Waals surface area contributed by atoms with Gasteiger partial charge in [-0.1, -0.05) is 0 Å². The molecule has 4 aromatic rings. The van der Waals surface area contributed by atoms with Crippen LogP contribution in [0.4, 0.5) is 26.3 Å². The number of nitrogens with zero attached hydrogens (tertiary/aromatic N) is 2. The highest BCUT2D eigenvalue weighted by atomic mass is 32.1. The second-order valence-electron chi connectivity index (χ2n) is 6.24. The highest BCUT2D eigenvalue weighted by Crippen LogP contribution is 2.38. The van der Waals surface area contributed by atoms with Crippen molar-refractivity contribution >= 4 is 28.6 Å². The van der Waals surface area contributed by atoms with Gasteiger partial charge in [0.15, 0.2) is 5.69 Å². The fourth-order valence-corrected chi connectivity index (χ4v) is 4.49. The number of rotatable bonds is 4. The molecule has 4 rings (SSSR count). The lowest BCUT2D eigenvalue weighted by atomic mass is 10.1. The fourth-order valence-electron chi connectivity index (χ4n) is 2.67. The van der Waals surface area contributed by atoms with E-state index in [1.165, 1.54) is 41.0 Å². The van der Waals surface area contributed by atoms with Crippen LogP contribution in [-0.2, 0) is 0 Å². The molecule has 12 heteroatoms. The molecule has 4 nitrogen and oxygen atoms in total. The predicted octanol–water partition coefficient (Wildman–Crippen LogP) is 6.30. The maximum absolute atomic E-state index is 13.8. The molecular weight excluding hydrogens is 478 g/mol. The van der Waals surface area contributed by atoms with E-state index in [9.17, 15) is 31.1 Å². The Hall–Kier alpha value is -3.25. The summed E-state index contributed by atoms with van der Waals surface area (Å²) in [6.45, 7) is 1.73. The molecule has 32 heavy (non-hydrogen) atoms. The molecule has 0 radical (unpaired) electrons. The summed E-state index contributed by atoms with van der Waals surface area (Å²) in [5.41, 5.74) is 0.651. The van der Waals surface area contributed by atoms with E-state index in [2.05, 4.69) is 14.7 Å². The number of benzene rings is 2. The van der Waals surface area contributed by atoms with E-state index >= 15 is 0 Å². The van der Waals surface area contributed by atoms with Gasteiger partial charge in [-0.3, -0.25) is 0 Å². The Bertz CT molecular complexity index is 1320. The van der Waals surface area contributed by atoms with Crippen LogP contribution >= 0.6 is 22.7 Å². The van der Waals surface area contributed by atoms with Crippen molar-refractivity contribution in [1.82, 2.24) is 9.97 Å². The fraction of sp³-hybridized carbons (Fsp3) is 0.0500. The average molecular weight is 486 g/mol. The number of aromatic nitrogens is 2. The zero-order chi connectivity index (χ0) is 23.2. The Balaban J connectivity index is 1.66. The second kappa shape index (κ2) is 8.36. The number of hydrogen-bond acceptors (Lipinski definition) is 6. The number of ether oxygens (including phenoxy) is 1. The molecule has 0 bridgehead atoms. The summed E-state index contributed by atoms with van der Waals surface area (Å²) >= 11 is 2.21. The first kappa shape index (κ1) is 22.0. The Morgan fingerprint density at radius 3 is 2.09 bits per heavy atom. The number of thiazole rings is 2. The van der Waals surface area contributed by atoms with Crippen LogP contribution in [0.1, 0.15) is 15.5 Å². The third-order valence-electron chi connectivity index (χ3n) is 4.12. The summed E-state index contributed by atoms with van der Waals surface area (Å²) < 4.78 is 85.0. The van der Waals surface area contributed by atoms with Crippen molar-refractivity contribution in [2.45, 2.75) is 6.92 Å². The largest absolute Gasteiger partial charge is 0.415 e. The SMILES string of the molecule is Cc1nc(-c2ccc(F)cc2)c(-c2nc(C(=O)Oc3c(F)c(F)c(F)c(F)c3F)cs2)s1. The van der Waals surface area contributed by atoms with E-state index in [-0.39, 0.29) is 0 Å². The first-order valence-corrected chi connectivity index (χ1v) is 10.3. The van der Waals surface area contributed by atoms with Crippen LogP contribution in [0, 0.1) is 41.8 Å². The monoisotopic (exact) mass is 486 g/mol. The molecule has 2 heterocycles. The van der Waals surface area contributed by atoms with Crippen molar-refractivity contribution in [2.75, 3.05) is 0 Å². The number of aryl methyl sites for hydroxylation is 1. The summed E-state index contributed by atoms with van der Waals surface area (Å²) in [7, 11) is 0. The van der Waals surface area contributed by atoms with Gasteiger partial charge in [0, 0.05) is 10.9 Å². The molecule has 0 aliphatic carbocycles. The minimum absolute atomic E-state index is 0.291. The number of esters is 1. The minimum atomic E-state index is -2.37. The molecule has 0 amide bonds. The number of hydrogen-bond donors (Lipinski definition) is 0. The highest BCUT2D eigenvalue weighted by Gasteiger charge is 2.29. The number of carbonyl (C=O) groups is 1. The molecule has 0 saturated carbocycles. The van der Waals surface area contributed by atoms with Crippen molar-refractivity contribution in [1.29, 1.82) is 0 Å². The molecule has 0 N–H and O–H groups in total. The molecule has 2 aromatic heterocycles. The second-order valence-corrected chi connectivity index (χ2v) is 8.31. The molecule has 0 saturated heterocycles. The smallest absolute Gasteiger partial charge is 0.363 e. The third kappa shape index (κ3) is 3.86. The van der Waals surface area contributed by atoms with Gasteiger partial charge in [0.05, 0.1) is 15.6 Å². The summed E-state index contributed by atoms with van der Waals surface area (Å²) in [4.78, 5) is 21.2. The Morgan fingerprint density at radius 1 is 0.875 bits per heavy atom. The van der Waals surface area contributed by atoms with E-state index in [0.29, 0.717) is 26.1 Å². The van der Waals surface area contributed by atoms with Gasteiger partial charge in [0.2, 0.25) is 34.8 Å². The van der Waals surface area contributed by atoms with E-state index in [4.69, 9.17) is 0 Å². The topological polar surface area (TPSA) is 52.1 Å². The maximum Gasteiger partial charge on any atom is 0.363 e. The highest BCUT2D eigenvalue weighted by molar-refractivity contribution is 7.21. The lowest BCUT2D eigenvalue weighted by Gasteiger charge is -2.07. The van der Waals surface area contributed by atoms with Crippen molar-refractivity contribution in [3.63, 3.8) is 0 Å². The summed E-state index contributed by atoms with van der Waals surface area (Å²) in [5.74, 6) is -15.0. The van der Waals surface area contributed by atoms with Gasteiger partial charge in [-0.15, -0.1) is 22.7 Å². The molecule has 0 fully saturated rings. The standard InChI is InChI=1S/C20H8F6N2O2S2/c1-7-27-16(8-2-4-9(21)5-3-8)18(32-7)19-28-10(6-31-19)20(29)30-17-14(25)12(23)11(22)13(24)15(17)26/h2-6H,1H3. The van der Waals surface area contributed by atoms with Crippen LogP contribution in [0.5, 0.6) is 5.75 Å². The molecule has 2 aromatic carbocycles. The van der Waals surface area contributed by atoms with Gasteiger partial charge in [-0.05, 0) is 31.2 Å². The normalized spacial score (nSPS) is 11.1. The summed E-state index contributed by atoms with van der Waals surface area (Å²) in [6, 6.07) is 5.53. The molecule has 0 aliphatic heterocycles. The molecule has 0 atom stereocenters. The first-order valence-electron chi connectivity index (χ1n) is 8.60. The minimum Gasteiger partial charge on any atom is -0.415 e. The van der Waals surface area contributed by atoms with Crippen LogP contribution in [0.2, 0.25) is 0 Å².